The van der Waals surface area contributed by atoms with Crippen LogP contribution in [0.2, 0.25) is 0 Å². The molecule has 0 rings (SSSR count). The Labute approximate surface area is 78.7 Å². The van der Waals surface area contributed by atoms with E-state index in [1.54, 1.807) is 0 Å². The fourth-order valence-corrected chi connectivity index (χ4v) is 0.285. The molecule has 0 aliphatic carbocycles. The van der Waals surface area contributed by atoms with Crippen LogP contribution in [-0.2, 0) is 0 Å². The summed E-state index contributed by atoms with van der Waals surface area (Å²) in [7, 11) is 0. The van der Waals surface area contributed by atoms with Gasteiger partial charge in [0, 0.05) is 0 Å². The van der Waals surface area contributed by atoms with Gasteiger partial charge in [0.2, 0.25) is 0 Å². The molecule has 0 bridgehead atoms. The Morgan fingerprint density at radius 2 is 1.88 bits per heavy atom. The predicted octanol–water partition coefficient (Wildman–Crippen LogP) is -1.20. The maximum absolute atomic E-state index is 3.64. The minimum absolute atomic E-state index is 0. The van der Waals surface area contributed by atoms with Crippen LogP contribution in [0.4, 0.5) is 0 Å². The van der Waals surface area contributed by atoms with Crippen molar-refractivity contribution in [2.75, 3.05) is 0 Å². The number of hydrogen-bond donors (Lipinski definition) is 0. The summed E-state index contributed by atoms with van der Waals surface area (Å²) in [6.45, 7) is 5.75. The molecule has 0 spiro atoms. The Hall–Kier alpha value is 0.986. The summed E-state index contributed by atoms with van der Waals surface area (Å²) in [5.74, 6) is 0. The van der Waals surface area contributed by atoms with Crippen LogP contribution in [0, 0.1) is 6.92 Å². The Morgan fingerprint density at radius 1 is 1.38 bits per heavy atom. The minimum Gasteiger partial charge on any atom is -1.00 e. The molecule has 0 aromatic carbocycles. The summed E-state index contributed by atoms with van der Waals surface area (Å²) in [6, 6.07) is 0. The average molecular weight is 187 g/mol. The van der Waals surface area contributed by atoms with Gasteiger partial charge in [0.1, 0.15) is 0 Å². The fraction of sp³-hybridized carbons (Fsp3) is 0.500. The molecule has 0 N–H and O–H groups in total. The van der Waals surface area contributed by atoms with E-state index in [2.05, 4.69) is 26.0 Å². The van der Waals surface area contributed by atoms with Crippen molar-refractivity contribution >= 4 is 23.1 Å². The first-order valence-corrected chi connectivity index (χ1v) is 2.36. The molecule has 0 aliphatic rings. The monoisotopic (exact) mass is 186 g/mol. The van der Waals surface area contributed by atoms with Crippen LogP contribution in [-0.4, -0.2) is 23.1 Å². The summed E-state index contributed by atoms with van der Waals surface area (Å²) < 4.78 is 0. The molecule has 0 unspecified atom stereocenters. The van der Waals surface area contributed by atoms with Gasteiger partial charge in [-0.25, -0.2) is 0 Å². The molecular formula is C6H11BrMg. The molecule has 0 aromatic heterocycles. The van der Waals surface area contributed by atoms with E-state index in [1.165, 1.54) is 0 Å². The summed E-state index contributed by atoms with van der Waals surface area (Å²) in [5.41, 5.74) is 0. The molecule has 0 saturated carbocycles. The van der Waals surface area contributed by atoms with E-state index in [0.29, 0.717) is 0 Å². The van der Waals surface area contributed by atoms with Crippen molar-refractivity contribution in [2.45, 2.75) is 19.8 Å². The maximum Gasteiger partial charge on any atom is 2.00 e. The standard InChI is InChI=1S/C6H11.BrH.Mg/c1-3-5-6-4-2;;/h5-6H,1,3-4H2,2H3;1H;/q-1;;+2/p-1/b6-5-;;. The third kappa shape index (κ3) is 15.8. The number of allylic oxidation sites excluding steroid dienone is 2. The van der Waals surface area contributed by atoms with Gasteiger partial charge in [0.15, 0.2) is 0 Å². The van der Waals surface area contributed by atoms with Gasteiger partial charge in [-0.15, -0.1) is 6.08 Å². The van der Waals surface area contributed by atoms with Crippen molar-refractivity contribution in [2.24, 2.45) is 0 Å². The van der Waals surface area contributed by atoms with E-state index in [-0.39, 0.29) is 40.0 Å². The molecular weight excluding hydrogens is 176 g/mol. The minimum atomic E-state index is 0. The quantitative estimate of drug-likeness (QED) is 0.289. The van der Waals surface area contributed by atoms with Crippen LogP contribution in [0.25, 0.3) is 0 Å². The Morgan fingerprint density at radius 3 is 2.00 bits per heavy atom. The van der Waals surface area contributed by atoms with Gasteiger partial charge in [0.05, 0.1) is 0 Å². The van der Waals surface area contributed by atoms with Crippen LogP contribution >= 0.6 is 0 Å². The number of rotatable bonds is 2. The Bertz CT molecular complexity index is 37.8. The maximum atomic E-state index is 3.64. The van der Waals surface area contributed by atoms with Gasteiger partial charge in [-0.3, -0.25) is 0 Å². The third-order valence-electron chi connectivity index (χ3n) is 0.569. The third-order valence-corrected chi connectivity index (χ3v) is 0.569. The summed E-state index contributed by atoms with van der Waals surface area (Å²) in [4.78, 5) is 0. The second-order valence-electron chi connectivity index (χ2n) is 1.17. The second kappa shape index (κ2) is 15.7. The molecule has 0 amide bonds. The van der Waals surface area contributed by atoms with E-state index in [0.717, 1.165) is 12.8 Å². The first kappa shape index (κ1) is 16.0. The smallest absolute Gasteiger partial charge is 1.00 e. The molecule has 0 aliphatic heterocycles. The van der Waals surface area contributed by atoms with E-state index < -0.39 is 0 Å². The van der Waals surface area contributed by atoms with Gasteiger partial charge in [0.25, 0.3) is 0 Å². The zero-order chi connectivity index (χ0) is 4.83. The van der Waals surface area contributed by atoms with Crippen molar-refractivity contribution in [3.05, 3.63) is 19.1 Å². The molecule has 8 heavy (non-hydrogen) atoms. The normalized spacial score (nSPS) is 7.75. The Balaban J connectivity index is -0.000000125. The summed E-state index contributed by atoms with van der Waals surface area (Å²) in [5, 5.41) is 0. The van der Waals surface area contributed by atoms with E-state index >= 15 is 0 Å². The SMILES string of the molecule is [Br-].[CH2-]C/C=C\CC.[Mg+2]. The first-order chi connectivity index (χ1) is 2.91. The molecule has 0 heterocycles. The van der Waals surface area contributed by atoms with E-state index in [4.69, 9.17) is 0 Å². The topological polar surface area (TPSA) is 0 Å². The van der Waals surface area contributed by atoms with E-state index in [9.17, 15) is 0 Å². The van der Waals surface area contributed by atoms with Gasteiger partial charge in [-0.1, -0.05) is 13.0 Å². The summed E-state index contributed by atoms with van der Waals surface area (Å²) >= 11 is 0. The van der Waals surface area contributed by atoms with Gasteiger partial charge in [-0.05, 0) is 6.42 Å². The van der Waals surface area contributed by atoms with Gasteiger partial charge < -0.3 is 23.9 Å². The zero-order valence-corrected chi connectivity index (χ0v) is 8.36. The van der Waals surface area contributed by atoms with Crippen LogP contribution in [0.3, 0.4) is 0 Å². The predicted molar refractivity (Wildman–Crippen MR) is 35.2 cm³/mol. The molecule has 0 nitrogen and oxygen atoms in total. The van der Waals surface area contributed by atoms with Crippen molar-refractivity contribution in [1.82, 2.24) is 0 Å². The molecule has 0 aromatic rings. The van der Waals surface area contributed by atoms with E-state index in [1.807, 2.05) is 0 Å². The summed E-state index contributed by atoms with van der Waals surface area (Å²) in [6.07, 6.45) is 6.25. The number of halogens is 1. The van der Waals surface area contributed by atoms with Crippen molar-refractivity contribution in [3.63, 3.8) is 0 Å². The van der Waals surface area contributed by atoms with Crippen LogP contribution < -0.4 is 17.0 Å². The molecule has 2 heteroatoms. The molecule has 0 saturated heterocycles. The first-order valence-electron chi connectivity index (χ1n) is 2.36. The van der Waals surface area contributed by atoms with Crippen LogP contribution in [0.15, 0.2) is 12.2 Å². The zero-order valence-electron chi connectivity index (χ0n) is 5.36. The van der Waals surface area contributed by atoms with Gasteiger partial charge in [-0.2, -0.15) is 6.42 Å². The van der Waals surface area contributed by atoms with Crippen molar-refractivity contribution in [1.29, 1.82) is 0 Å². The van der Waals surface area contributed by atoms with Crippen molar-refractivity contribution < 1.29 is 17.0 Å². The fourth-order valence-electron chi connectivity index (χ4n) is 0.285. The second-order valence-corrected chi connectivity index (χ2v) is 1.17. The number of hydrogen-bond acceptors (Lipinski definition) is 0. The molecule has 44 valence electrons. The average Bonchev–Trinajstić information content (AvgIpc) is 1.61. The van der Waals surface area contributed by atoms with Crippen LogP contribution in [0.5, 0.6) is 0 Å². The molecule has 0 atom stereocenters. The largest absolute Gasteiger partial charge is 2.00 e. The molecule has 0 fully saturated rings. The van der Waals surface area contributed by atoms with Crippen LogP contribution in [0.1, 0.15) is 19.8 Å². The Kier molecular flexibility index (Phi) is 31.3. The van der Waals surface area contributed by atoms with Crippen molar-refractivity contribution in [3.8, 4) is 0 Å². The molecule has 0 radical (unpaired) electrons. The van der Waals surface area contributed by atoms with Gasteiger partial charge >= 0.3 is 23.1 Å².